The minimum absolute atomic E-state index is 0.0245. The van der Waals surface area contributed by atoms with Gasteiger partial charge in [-0.05, 0) is 37.2 Å². The fraction of sp³-hybridized carbons (Fsp3) is 0.579. The van der Waals surface area contributed by atoms with Gasteiger partial charge in [-0.1, -0.05) is 30.3 Å². The second-order valence-corrected chi connectivity index (χ2v) is 6.90. The number of amides is 2. The Morgan fingerprint density at radius 1 is 1.08 bits per heavy atom. The molecular weight excluding hydrogens is 320 g/mol. The molecule has 0 bridgehead atoms. The van der Waals surface area contributed by atoms with Gasteiger partial charge >= 0.3 is 6.09 Å². The van der Waals surface area contributed by atoms with Crippen LogP contribution in [0.2, 0.25) is 0 Å². The number of carbonyl (C=O) groups excluding carboxylic acids is 1. The van der Waals surface area contributed by atoms with E-state index in [2.05, 4.69) is 12.1 Å². The van der Waals surface area contributed by atoms with Gasteiger partial charge in [0.05, 0.1) is 6.61 Å². The van der Waals surface area contributed by atoms with E-state index in [0.717, 1.165) is 19.3 Å². The molecule has 0 saturated carbocycles. The molecule has 25 heavy (non-hydrogen) atoms. The molecule has 1 aromatic rings. The number of hydrogen-bond donors (Lipinski definition) is 1. The molecule has 2 heterocycles. The summed E-state index contributed by atoms with van der Waals surface area (Å²) in [6, 6.07) is 9.63. The van der Waals surface area contributed by atoms with Crippen LogP contribution < -0.4 is 0 Å². The zero-order valence-corrected chi connectivity index (χ0v) is 14.5. The highest BCUT2D eigenvalue weighted by atomic mass is 16.5. The van der Waals surface area contributed by atoms with Gasteiger partial charge in [0.15, 0.2) is 0 Å². The molecule has 0 aromatic heterocycles. The SMILES string of the molecule is O=C(C1CCCN1C(=O)O)N1CCC(COCc2ccccc2)CC1. The molecular formula is C19H26N2O4. The standard InChI is InChI=1S/C19H26N2O4/c22-18(17-7-4-10-21(17)19(23)24)20-11-8-16(9-12-20)14-25-13-15-5-2-1-3-6-15/h1-3,5-6,16-17H,4,7-14H2,(H,23,24). The lowest BCUT2D eigenvalue weighted by molar-refractivity contribution is -0.137. The Labute approximate surface area is 148 Å². The third-order valence-electron chi connectivity index (χ3n) is 5.17. The number of carboxylic acid groups (broad SMARTS) is 1. The predicted octanol–water partition coefficient (Wildman–Crippen LogP) is 2.58. The fourth-order valence-corrected chi connectivity index (χ4v) is 3.70. The number of benzene rings is 1. The largest absolute Gasteiger partial charge is 0.465 e. The highest BCUT2D eigenvalue weighted by Gasteiger charge is 2.37. The van der Waals surface area contributed by atoms with Gasteiger partial charge < -0.3 is 14.7 Å². The van der Waals surface area contributed by atoms with Crippen LogP contribution in [0.4, 0.5) is 4.79 Å². The van der Waals surface area contributed by atoms with Crippen LogP contribution >= 0.6 is 0 Å². The van der Waals surface area contributed by atoms with Crippen molar-refractivity contribution in [2.24, 2.45) is 5.92 Å². The second kappa shape index (κ2) is 8.34. The van der Waals surface area contributed by atoms with Crippen LogP contribution in [0.5, 0.6) is 0 Å². The van der Waals surface area contributed by atoms with E-state index >= 15 is 0 Å². The molecule has 0 radical (unpaired) electrons. The lowest BCUT2D eigenvalue weighted by Crippen LogP contribution is -2.50. The lowest BCUT2D eigenvalue weighted by atomic mass is 9.97. The molecule has 0 aliphatic carbocycles. The van der Waals surface area contributed by atoms with Crippen LogP contribution in [0.3, 0.4) is 0 Å². The van der Waals surface area contributed by atoms with E-state index in [9.17, 15) is 14.7 Å². The zero-order valence-electron chi connectivity index (χ0n) is 14.5. The van der Waals surface area contributed by atoms with Crippen molar-refractivity contribution >= 4 is 12.0 Å². The Morgan fingerprint density at radius 2 is 1.80 bits per heavy atom. The molecule has 136 valence electrons. The monoisotopic (exact) mass is 346 g/mol. The van der Waals surface area contributed by atoms with Crippen LogP contribution in [-0.2, 0) is 16.1 Å². The van der Waals surface area contributed by atoms with Gasteiger partial charge in [0.25, 0.3) is 0 Å². The van der Waals surface area contributed by atoms with Crippen LogP contribution in [0.25, 0.3) is 0 Å². The van der Waals surface area contributed by atoms with Crippen LogP contribution in [-0.4, -0.2) is 59.2 Å². The second-order valence-electron chi connectivity index (χ2n) is 6.90. The first-order chi connectivity index (χ1) is 12.1. The molecule has 1 N–H and O–H groups in total. The molecule has 1 unspecified atom stereocenters. The molecule has 2 fully saturated rings. The Bertz CT molecular complexity index is 584. The minimum Gasteiger partial charge on any atom is -0.465 e. The van der Waals surface area contributed by atoms with Gasteiger partial charge in [-0.15, -0.1) is 0 Å². The van der Waals surface area contributed by atoms with E-state index in [0.29, 0.717) is 45.2 Å². The van der Waals surface area contributed by atoms with Crippen molar-refractivity contribution in [2.45, 2.75) is 38.3 Å². The van der Waals surface area contributed by atoms with Gasteiger partial charge in [-0.2, -0.15) is 0 Å². The Kier molecular flexibility index (Phi) is 5.91. The summed E-state index contributed by atoms with van der Waals surface area (Å²) in [6.07, 6.45) is 2.26. The maximum absolute atomic E-state index is 12.6. The number of ether oxygens (including phenoxy) is 1. The van der Waals surface area contributed by atoms with E-state index in [4.69, 9.17) is 4.74 Å². The fourth-order valence-electron chi connectivity index (χ4n) is 3.70. The molecule has 6 nitrogen and oxygen atoms in total. The van der Waals surface area contributed by atoms with E-state index in [1.54, 1.807) is 0 Å². The summed E-state index contributed by atoms with van der Waals surface area (Å²) in [5, 5.41) is 9.20. The molecule has 2 saturated heterocycles. The van der Waals surface area contributed by atoms with Crippen LogP contribution in [0.1, 0.15) is 31.2 Å². The lowest BCUT2D eigenvalue weighted by Gasteiger charge is -2.34. The Morgan fingerprint density at radius 3 is 2.48 bits per heavy atom. The van der Waals surface area contributed by atoms with E-state index in [1.165, 1.54) is 10.5 Å². The maximum atomic E-state index is 12.6. The molecule has 1 atom stereocenters. The molecule has 2 aliphatic heterocycles. The Balaban J connectivity index is 1.41. The summed E-state index contributed by atoms with van der Waals surface area (Å²) < 4.78 is 5.81. The van der Waals surface area contributed by atoms with Crippen molar-refractivity contribution in [1.29, 1.82) is 0 Å². The normalized spacial score (nSPS) is 21.5. The third kappa shape index (κ3) is 4.51. The third-order valence-corrected chi connectivity index (χ3v) is 5.17. The highest BCUT2D eigenvalue weighted by Crippen LogP contribution is 2.23. The van der Waals surface area contributed by atoms with Crippen molar-refractivity contribution in [2.75, 3.05) is 26.2 Å². The number of likely N-dealkylation sites (tertiary alicyclic amines) is 2. The topological polar surface area (TPSA) is 70.1 Å². The molecule has 0 spiro atoms. The first-order valence-corrected chi connectivity index (χ1v) is 9.05. The van der Waals surface area contributed by atoms with Crippen molar-refractivity contribution in [1.82, 2.24) is 9.80 Å². The quantitative estimate of drug-likeness (QED) is 0.890. The van der Waals surface area contributed by atoms with E-state index < -0.39 is 12.1 Å². The van der Waals surface area contributed by atoms with Crippen LogP contribution in [0.15, 0.2) is 30.3 Å². The van der Waals surface area contributed by atoms with Crippen molar-refractivity contribution < 1.29 is 19.4 Å². The number of hydrogen-bond acceptors (Lipinski definition) is 3. The van der Waals surface area contributed by atoms with Gasteiger partial charge in [0.1, 0.15) is 6.04 Å². The summed E-state index contributed by atoms with van der Waals surface area (Å²) in [7, 11) is 0. The van der Waals surface area contributed by atoms with Crippen LogP contribution in [0, 0.1) is 5.92 Å². The minimum atomic E-state index is -0.986. The smallest absolute Gasteiger partial charge is 0.407 e. The molecule has 1 aromatic carbocycles. The summed E-state index contributed by atoms with van der Waals surface area (Å²) >= 11 is 0. The van der Waals surface area contributed by atoms with E-state index in [1.807, 2.05) is 23.1 Å². The van der Waals surface area contributed by atoms with Crippen molar-refractivity contribution in [3.63, 3.8) is 0 Å². The van der Waals surface area contributed by atoms with Gasteiger partial charge in [-0.25, -0.2) is 4.79 Å². The maximum Gasteiger partial charge on any atom is 0.407 e. The molecule has 2 aliphatic rings. The number of nitrogens with zero attached hydrogens (tertiary/aromatic N) is 2. The van der Waals surface area contributed by atoms with Crippen molar-refractivity contribution in [3.8, 4) is 0 Å². The zero-order chi connectivity index (χ0) is 17.6. The van der Waals surface area contributed by atoms with Gasteiger partial charge in [-0.3, -0.25) is 9.69 Å². The summed E-state index contributed by atoms with van der Waals surface area (Å²) in [5.74, 6) is 0.440. The number of rotatable bonds is 5. The molecule has 6 heteroatoms. The predicted molar refractivity (Wildman–Crippen MR) is 93.2 cm³/mol. The first kappa shape index (κ1) is 17.7. The number of carbonyl (C=O) groups is 2. The van der Waals surface area contributed by atoms with Gasteiger partial charge in [0.2, 0.25) is 5.91 Å². The highest BCUT2D eigenvalue weighted by molar-refractivity contribution is 5.86. The van der Waals surface area contributed by atoms with E-state index in [-0.39, 0.29) is 5.91 Å². The van der Waals surface area contributed by atoms with Crippen molar-refractivity contribution in [3.05, 3.63) is 35.9 Å². The number of piperidine rings is 1. The average Bonchev–Trinajstić information content (AvgIpc) is 3.13. The molecule has 3 rings (SSSR count). The van der Waals surface area contributed by atoms with Gasteiger partial charge in [0, 0.05) is 26.2 Å². The summed E-state index contributed by atoms with van der Waals surface area (Å²) in [5.41, 5.74) is 1.17. The summed E-state index contributed by atoms with van der Waals surface area (Å²) in [6.45, 7) is 3.19. The Hall–Kier alpha value is -2.08. The molecule has 2 amide bonds. The summed E-state index contributed by atoms with van der Waals surface area (Å²) in [4.78, 5) is 27.0. The average molecular weight is 346 g/mol. The first-order valence-electron chi connectivity index (χ1n) is 9.05.